The van der Waals surface area contributed by atoms with E-state index in [2.05, 4.69) is 35.5 Å². The highest BCUT2D eigenvalue weighted by atomic mass is 16.5. The van der Waals surface area contributed by atoms with Gasteiger partial charge in [0.25, 0.3) is 0 Å². The zero-order valence-corrected chi connectivity index (χ0v) is 21.0. The number of nitrogens with one attached hydrogen (secondary N) is 2. The molecule has 0 spiro atoms. The summed E-state index contributed by atoms with van der Waals surface area (Å²) in [4.78, 5) is 29.4. The second kappa shape index (κ2) is 10.6. The summed E-state index contributed by atoms with van der Waals surface area (Å²) < 4.78 is 12.3. The van der Waals surface area contributed by atoms with E-state index in [9.17, 15) is 9.59 Å². The van der Waals surface area contributed by atoms with Gasteiger partial charge < -0.3 is 24.7 Å². The summed E-state index contributed by atoms with van der Waals surface area (Å²) in [6.45, 7) is 10.9. The van der Waals surface area contributed by atoms with Crippen molar-refractivity contribution in [3.63, 3.8) is 0 Å². The van der Waals surface area contributed by atoms with Crippen LogP contribution in [-0.2, 0) is 22.6 Å². The van der Waals surface area contributed by atoms with E-state index in [0.717, 1.165) is 34.5 Å². The van der Waals surface area contributed by atoms with Gasteiger partial charge in [-0.1, -0.05) is 19.9 Å². The molecular formula is C26H34N4O4. The van der Waals surface area contributed by atoms with Crippen molar-refractivity contribution in [1.82, 2.24) is 9.55 Å². The van der Waals surface area contributed by atoms with Crippen LogP contribution in [0.15, 0.2) is 24.4 Å². The first-order valence-corrected chi connectivity index (χ1v) is 11.4. The lowest BCUT2D eigenvalue weighted by molar-refractivity contribution is -0.114. The van der Waals surface area contributed by atoms with Gasteiger partial charge in [-0.2, -0.15) is 0 Å². The third kappa shape index (κ3) is 5.32. The molecule has 0 radical (unpaired) electrons. The summed E-state index contributed by atoms with van der Waals surface area (Å²) in [5, 5.41) is 6.93. The van der Waals surface area contributed by atoms with Crippen LogP contribution in [0.3, 0.4) is 0 Å². The minimum atomic E-state index is -0.510. The predicted octanol–water partition coefficient (Wildman–Crippen LogP) is 5.06. The molecule has 0 aliphatic heterocycles. The van der Waals surface area contributed by atoms with Crippen molar-refractivity contribution in [3.8, 4) is 5.75 Å². The van der Waals surface area contributed by atoms with E-state index in [0.29, 0.717) is 41.4 Å². The molecule has 0 unspecified atom stereocenters. The molecule has 0 aliphatic rings. The van der Waals surface area contributed by atoms with Gasteiger partial charge in [0.05, 0.1) is 31.8 Å². The first kappa shape index (κ1) is 25.1. The predicted molar refractivity (Wildman–Crippen MR) is 135 cm³/mol. The maximum absolute atomic E-state index is 12.7. The summed E-state index contributed by atoms with van der Waals surface area (Å²) in [7, 11) is 3.01. The molecule has 1 aromatic carbocycles. The number of amides is 1. The Hall–Kier alpha value is -3.55. The zero-order valence-electron chi connectivity index (χ0n) is 21.0. The number of hydrogen-bond acceptors (Lipinski definition) is 6. The van der Waals surface area contributed by atoms with Crippen LogP contribution in [0.1, 0.15) is 54.4 Å². The smallest absolute Gasteiger partial charge is 0.356 e. The van der Waals surface area contributed by atoms with Crippen LogP contribution in [0.4, 0.5) is 11.4 Å². The molecule has 2 N–H and O–H groups in total. The number of fused-ring (bicyclic) bond motifs is 1. The number of aryl methyl sites for hydroxylation is 3. The number of methoxy groups -OCH3 is 2. The summed E-state index contributed by atoms with van der Waals surface area (Å²) in [6, 6.07) is 6.05. The van der Waals surface area contributed by atoms with Gasteiger partial charge in [0.2, 0.25) is 5.91 Å². The van der Waals surface area contributed by atoms with E-state index < -0.39 is 5.97 Å². The molecule has 2 heterocycles. The van der Waals surface area contributed by atoms with Gasteiger partial charge in [-0.25, -0.2) is 9.78 Å². The maximum Gasteiger partial charge on any atom is 0.356 e. The van der Waals surface area contributed by atoms with Gasteiger partial charge in [0.15, 0.2) is 5.69 Å². The monoisotopic (exact) mass is 466 g/mol. The van der Waals surface area contributed by atoms with Crippen molar-refractivity contribution in [2.75, 3.05) is 24.9 Å². The van der Waals surface area contributed by atoms with Gasteiger partial charge in [-0.05, 0) is 55.0 Å². The number of carbonyl (C=O) groups is 2. The zero-order chi connectivity index (χ0) is 25.0. The average molecular weight is 467 g/mol. The van der Waals surface area contributed by atoms with Gasteiger partial charge in [-0.3, -0.25) is 4.79 Å². The molecule has 2 aromatic heterocycles. The molecule has 8 heteroatoms. The third-order valence-electron chi connectivity index (χ3n) is 5.84. The molecule has 0 saturated heterocycles. The highest BCUT2D eigenvalue weighted by Crippen LogP contribution is 2.33. The Bertz CT molecular complexity index is 1210. The van der Waals surface area contributed by atoms with Crippen LogP contribution in [0.5, 0.6) is 5.75 Å². The lowest BCUT2D eigenvalue weighted by Gasteiger charge is -2.13. The molecule has 3 aromatic rings. The Labute approximate surface area is 200 Å². The van der Waals surface area contributed by atoms with Crippen LogP contribution < -0.4 is 15.4 Å². The second-order valence-electron chi connectivity index (χ2n) is 8.93. The first-order chi connectivity index (χ1) is 16.2. The lowest BCUT2D eigenvalue weighted by atomic mass is 10.0. The largest absolute Gasteiger partial charge is 0.496 e. The minimum Gasteiger partial charge on any atom is -0.496 e. The van der Waals surface area contributed by atoms with Crippen molar-refractivity contribution >= 4 is 34.3 Å². The fraction of sp³-hybridized carbons (Fsp3) is 0.423. The Kier molecular flexibility index (Phi) is 7.81. The topological polar surface area (TPSA) is 94.5 Å². The molecule has 0 aliphatic carbocycles. The molecule has 0 saturated carbocycles. The molecule has 3 rings (SSSR count). The number of carbonyl (C=O) groups excluding carboxylic acids is 2. The highest BCUT2D eigenvalue weighted by Gasteiger charge is 2.25. The summed E-state index contributed by atoms with van der Waals surface area (Å²) in [6.07, 6.45) is 2.60. The molecule has 0 bridgehead atoms. The van der Waals surface area contributed by atoms with E-state index in [1.54, 1.807) is 13.3 Å². The van der Waals surface area contributed by atoms with Crippen molar-refractivity contribution < 1.29 is 19.1 Å². The number of rotatable bonds is 9. The number of esters is 1. The van der Waals surface area contributed by atoms with Crippen molar-refractivity contribution in [1.29, 1.82) is 0 Å². The Balaban J connectivity index is 2.03. The maximum atomic E-state index is 12.7. The normalized spacial score (nSPS) is 11.1. The van der Waals surface area contributed by atoms with Gasteiger partial charge in [0, 0.05) is 25.4 Å². The molecular weight excluding hydrogens is 432 g/mol. The van der Waals surface area contributed by atoms with E-state index in [4.69, 9.17) is 9.47 Å². The summed E-state index contributed by atoms with van der Waals surface area (Å²) in [5.41, 5.74) is 5.47. The van der Waals surface area contributed by atoms with E-state index >= 15 is 0 Å². The fourth-order valence-electron chi connectivity index (χ4n) is 4.00. The SMILES string of the molecule is COC(=O)c1c(NC(C)=O)c2cc(NCc3cc(C)c(OC)cc3C)cnc2n1CCC(C)C. The summed E-state index contributed by atoms with van der Waals surface area (Å²) >= 11 is 0. The van der Waals surface area contributed by atoms with E-state index in [1.165, 1.54) is 14.0 Å². The minimum absolute atomic E-state index is 0.268. The summed E-state index contributed by atoms with van der Waals surface area (Å²) in [5.74, 6) is 0.520. The molecule has 0 atom stereocenters. The number of nitrogens with zero attached hydrogens (tertiary/aromatic N) is 2. The van der Waals surface area contributed by atoms with Crippen LogP contribution >= 0.6 is 0 Å². The average Bonchev–Trinajstić information content (AvgIpc) is 3.09. The van der Waals surface area contributed by atoms with Crippen LogP contribution in [0.2, 0.25) is 0 Å². The van der Waals surface area contributed by atoms with Crippen LogP contribution in [0.25, 0.3) is 11.0 Å². The number of hydrogen-bond donors (Lipinski definition) is 2. The number of benzene rings is 1. The fourth-order valence-corrected chi connectivity index (χ4v) is 4.00. The number of ether oxygens (including phenoxy) is 2. The molecule has 0 fully saturated rings. The highest BCUT2D eigenvalue weighted by molar-refractivity contribution is 6.10. The number of aromatic nitrogens is 2. The Morgan fingerprint density at radius 2 is 1.85 bits per heavy atom. The molecule has 34 heavy (non-hydrogen) atoms. The molecule has 8 nitrogen and oxygen atoms in total. The lowest BCUT2D eigenvalue weighted by Crippen LogP contribution is -2.16. The van der Waals surface area contributed by atoms with Gasteiger partial charge in [0.1, 0.15) is 11.4 Å². The standard InChI is InChI=1S/C26H34N4O4/c1-15(2)8-9-30-24(26(32)34-7)23(29-18(5)31)21-12-20(14-28-25(21)30)27-13-19-10-17(4)22(33-6)11-16(19)3/h10-12,14-15,27H,8-9,13H2,1-7H3,(H,29,31). The number of anilines is 2. The Morgan fingerprint density at radius 1 is 1.12 bits per heavy atom. The second-order valence-corrected chi connectivity index (χ2v) is 8.93. The van der Waals surface area contributed by atoms with Crippen molar-refractivity contribution in [2.24, 2.45) is 5.92 Å². The molecule has 1 amide bonds. The van der Waals surface area contributed by atoms with Crippen molar-refractivity contribution in [3.05, 3.63) is 46.8 Å². The first-order valence-electron chi connectivity index (χ1n) is 11.4. The third-order valence-corrected chi connectivity index (χ3v) is 5.84. The Morgan fingerprint density at radius 3 is 2.47 bits per heavy atom. The van der Waals surface area contributed by atoms with Crippen molar-refractivity contribution in [2.45, 2.75) is 54.1 Å². The molecule has 182 valence electrons. The number of pyridine rings is 1. The quantitative estimate of drug-likeness (QED) is 0.428. The van der Waals surface area contributed by atoms with Crippen LogP contribution in [-0.4, -0.2) is 35.6 Å². The van der Waals surface area contributed by atoms with E-state index in [1.807, 2.05) is 30.5 Å². The van der Waals surface area contributed by atoms with Crippen LogP contribution in [0, 0.1) is 19.8 Å². The van der Waals surface area contributed by atoms with Gasteiger partial charge >= 0.3 is 5.97 Å². The van der Waals surface area contributed by atoms with Gasteiger partial charge in [-0.15, -0.1) is 0 Å². The van der Waals surface area contributed by atoms with E-state index in [-0.39, 0.29) is 5.91 Å².